The average Bonchev–Trinajstić information content (AvgIpc) is 2.30. The van der Waals surface area contributed by atoms with Crippen LogP contribution in [-0.4, -0.2) is 18.4 Å². The molecule has 1 aromatic rings. The molecule has 3 heteroatoms. The molecule has 0 aliphatic heterocycles. The molecule has 78 valence electrons. The number of rotatable bonds is 3. The van der Waals surface area contributed by atoms with Gasteiger partial charge in [0.1, 0.15) is 5.04 Å². The van der Waals surface area contributed by atoms with Crippen molar-refractivity contribution in [3.8, 4) is 0 Å². The van der Waals surface area contributed by atoms with E-state index < -0.39 is 0 Å². The summed E-state index contributed by atoms with van der Waals surface area (Å²) >= 11 is 1.51. The fourth-order valence-electron chi connectivity index (χ4n) is 1.04. The van der Waals surface area contributed by atoms with E-state index in [2.05, 4.69) is 17.3 Å². The highest BCUT2D eigenvalue weighted by Gasteiger charge is 2.04. The summed E-state index contributed by atoms with van der Waals surface area (Å²) in [5.74, 6) is 0.575. The highest BCUT2D eigenvalue weighted by Crippen LogP contribution is 2.17. The Morgan fingerprint density at radius 2 is 2.07 bits per heavy atom. The Morgan fingerprint density at radius 1 is 1.40 bits per heavy atom. The van der Waals surface area contributed by atoms with Crippen molar-refractivity contribution in [2.24, 2.45) is 4.99 Å². The van der Waals surface area contributed by atoms with Gasteiger partial charge in [-0.3, -0.25) is 0 Å². The van der Waals surface area contributed by atoms with Crippen LogP contribution in [0.5, 0.6) is 0 Å². The standard InChI is InChI=1S/C12H13NOS/c1-4-11(14-2)12(15-3)13-10-8-6-5-7-9-10/h5-9H,1H2,2-3H3. The number of thioether (sulfide) groups is 1. The van der Waals surface area contributed by atoms with Gasteiger partial charge in [-0.25, -0.2) is 4.99 Å². The van der Waals surface area contributed by atoms with E-state index in [0.717, 1.165) is 10.7 Å². The Labute approximate surface area is 94.4 Å². The van der Waals surface area contributed by atoms with Gasteiger partial charge in [0.25, 0.3) is 0 Å². The third kappa shape index (κ3) is 3.31. The van der Waals surface area contributed by atoms with E-state index in [4.69, 9.17) is 4.74 Å². The number of para-hydroxylation sites is 1. The topological polar surface area (TPSA) is 21.6 Å². The number of ether oxygens (including phenoxy) is 1. The van der Waals surface area contributed by atoms with Crippen LogP contribution < -0.4 is 0 Å². The van der Waals surface area contributed by atoms with Gasteiger partial charge < -0.3 is 4.74 Å². The zero-order chi connectivity index (χ0) is 11.1. The van der Waals surface area contributed by atoms with Gasteiger partial charge in [-0.1, -0.05) is 30.5 Å². The molecule has 0 aliphatic carbocycles. The van der Waals surface area contributed by atoms with Crippen LogP contribution in [0.3, 0.4) is 0 Å². The van der Waals surface area contributed by atoms with Crippen molar-refractivity contribution in [3.05, 3.63) is 48.4 Å². The molecule has 0 radical (unpaired) electrons. The summed E-state index contributed by atoms with van der Waals surface area (Å²) in [5, 5.41) is 0.777. The van der Waals surface area contributed by atoms with Crippen molar-refractivity contribution >= 4 is 22.5 Å². The van der Waals surface area contributed by atoms with Crippen molar-refractivity contribution in [2.75, 3.05) is 13.4 Å². The monoisotopic (exact) mass is 219 g/mol. The van der Waals surface area contributed by atoms with Crippen molar-refractivity contribution in [1.82, 2.24) is 0 Å². The summed E-state index contributed by atoms with van der Waals surface area (Å²) in [4.78, 5) is 4.43. The Morgan fingerprint density at radius 3 is 2.53 bits per heavy atom. The fraction of sp³-hybridized carbons (Fsp3) is 0.167. The predicted molar refractivity (Wildman–Crippen MR) is 66.7 cm³/mol. The first-order valence-electron chi connectivity index (χ1n) is 4.44. The third-order valence-electron chi connectivity index (χ3n) is 1.74. The van der Waals surface area contributed by atoms with E-state index in [-0.39, 0.29) is 0 Å². The van der Waals surface area contributed by atoms with Crippen LogP contribution in [0.4, 0.5) is 5.69 Å². The molecule has 1 aromatic carbocycles. The molecule has 0 saturated carbocycles. The first-order chi connectivity index (χ1) is 7.31. The quantitative estimate of drug-likeness (QED) is 0.336. The van der Waals surface area contributed by atoms with Gasteiger partial charge in [-0.2, -0.15) is 0 Å². The van der Waals surface area contributed by atoms with Gasteiger partial charge in [-0.15, -0.1) is 11.8 Å². The zero-order valence-electron chi connectivity index (χ0n) is 8.86. The molecule has 0 spiro atoms. The first kappa shape index (κ1) is 11.6. The van der Waals surface area contributed by atoms with Gasteiger partial charge in [0, 0.05) is 0 Å². The first-order valence-corrected chi connectivity index (χ1v) is 5.66. The molecule has 0 saturated heterocycles. The Bertz CT molecular complexity index is 391. The van der Waals surface area contributed by atoms with E-state index in [1.165, 1.54) is 11.8 Å². The van der Waals surface area contributed by atoms with Crippen molar-refractivity contribution in [3.63, 3.8) is 0 Å². The molecule has 0 aliphatic rings. The molecule has 0 aromatic heterocycles. The molecule has 0 fully saturated rings. The molecule has 0 bridgehead atoms. The molecule has 15 heavy (non-hydrogen) atoms. The Hall–Kier alpha value is -1.44. The molecule has 1 rings (SSSR count). The van der Waals surface area contributed by atoms with Gasteiger partial charge in [-0.05, 0) is 18.4 Å². The molecule has 0 amide bonds. The minimum Gasteiger partial charge on any atom is -0.487 e. The van der Waals surface area contributed by atoms with Gasteiger partial charge in [0.2, 0.25) is 0 Å². The number of hydrogen-bond acceptors (Lipinski definition) is 3. The zero-order valence-corrected chi connectivity index (χ0v) is 9.67. The number of benzene rings is 1. The normalized spacial score (nSPS) is 10.7. The molecule has 0 heterocycles. The number of methoxy groups -OCH3 is 1. The molecular weight excluding hydrogens is 206 g/mol. The summed E-state index contributed by atoms with van der Waals surface area (Å²) in [6.07, 6.45) is 1.94. The second kappa shape index (κ2) is 6.12. The van der Waals surface area contributed by atoms with Gasteiger partial charge in [0.15, 0.2) is 5.76 Å². The van der Waals surface area contributed by atoms with Crippen LogP contribution in [0, 0.1) is 0 Å². The molecular formula is C12H13NOS. The minimum atomic E-state index is 0.575. The average molecular weight is 219 g/mol. The summed E-state index contributed by atoms with van der Waals surface area (Å²) < 4.78 is 5.12. The summed E-state index contributed by atoms with van der Waals surface area (Å²) in [6.45, 7) is 3.56. The summed E-state index contributed by atoms with van der Waals surface area (Å²) in [7, 11) is 1.59. The lowest BCUT2D eigenvalue weighted by Crippen LogP contribution is -1.97. The van der Waals surface area contributed by atoms with E-state index in [1.807, 2.05) is 36.6 Å². The molecule has 0 atom stereocenters. The second-order valence-electron chi connectivity index (χ2n) is 2.67. The number of nitrogens with zero attached hydrogens (tertiary/aromatic N) is 1. The van der Waals surface area contributed by atoms with Crippen LogP contribution in [-0.2, 0) is 4.74 Å². The highest BCUT2D eigenvalue weighted by molar-refractivity contribution is 8.13. The van der Waals surface area contributed by atoms with Crippen molar-refractivity contribution in [2.45, 2.75) is 0 Å². The van der Waals surface area contributed by atoms with Crippen molar-refractivity contribution < 1.29 is 4.74 Å². The Balaban J connectivity index is 3.02. The minimum absolute atomic E-state index is 0.575. The maximum atomic E-state index is 5.12. The third-order valence-corrected chi connectivity index (χ3v) is 2.40. The Kier molecular flexibility index (Phi) is 4.75. The highest BCUT2D eigenvalue weighted by atomic mass is 32.2. The lowest BCUT2D eigenvalue weighted by molar-refractivity contribution is 0.317. The fourth-order valence-corrected chi connectivity index (χ4v) is 1.58. The lowest BCUT2D eigenvalue weighted by Gasteiger charge is -2.04. The van der Waals surface area contributed by atoms with Crippen LogP contribution >= 0.6 is 11.8 Å². The molecule has 0 unspecified atom stereocenters. The lowest BCUT2D eigenvalue weighted by atomic mass is 10.3. The maximum Gasteiger partial charge on any atom is 0.193 e. The maximum absolute atomic E-state index is 5.12. The second-order valence-corrected chi connectivity index (χ2v) is 3.46. The molecule has 0 N–H and O–H groups in total. The van der Waals surface area contributed by atoms with Gasteiger partial charge >= 0.3 is 0 Å². The SMILES string of the molecule is C=C=C(OC)C(=Nc1ccccc1)SC. The van der Waals surface area contributed by atoms with E-state index in [9.17, 15) is 0 Å². The largest absolute Gasteiger partial charge is 0.487 e. The van der Waals surface area contributed by atoms with E-state index in [1.54, 1.807) is 7.11 Å². The van der Waals surface area contributed by atoms with E-state index in [0.29, 0.717) is 5.76 Å². The van der Waals surface area contributed by atoms with Crippen LogP contribution in [0.1, 0.15) is 0 Å². The number of hydrogen-bond donors (Lipinski definition) is 0. The van der Waals surface area contributed by atoms with Crippen molar-refractivity contribution in [1.29, 1.82) is 0 Å². The summed E-state index contributed by atoms with van der Waals surface area (Å²) in [6, 6.07) is 9.72. The number of aliphatic imine (C=N–C) groups is 1. The van der Waals surface area contributed by atoms with Crippen LogP contribution in [0.2, 0.25) is 0 Å². The van der Waals surface area contributed by atoms with Crippen LogP contribution in [0.15, 0.2) is 53.4 Å². The van der Waals surface area contributed by atoms with E-state index >= 15 is 0 Å². The van der Waals surface area contributed by atoms with Gasteiger partial charge in [0.05, 0.1) is 12.8 Å². The molecule has 2 nitrogen and oxygen atoms in total. The summed E-state index contributed by atoms with van der Waals surface area (Å²) in [5.41, 5.74) is 3.61. The smallest absolute Gasteiger partial charge is 0.193 e. The van der Waals surface area contributed by atoms with Crippen LogP contribution in [0.25, 0.3) is 0 Å². The predicted octanol–water partition coefficient (Wildman–Crippen LogP) is 3.39.